The summed E-state index contributed by atoms with van der Waals surface area (Å²) in [4.78, 5) is 16.3. The molecule has 0 aliphatic heterocycles. The third kappa shape index (κ3) is 3.91. The summed E-state index contributed by atoms with van der Waals surface area (Å²) in [5.74, 6) is 0.701. The van der Waals surface area contributed by atoms with Gasteiger partial charge in [0.15, 0.2) is 5.69 Å². The lowest BCUT2D eigenvalue weighted by Gasteiger charge is -2.04. The smallest absolute Gasteiger partial charge is 0.273 e. The highest BCUT2D eigenvalue weighted by Crippen LogP contribution is 2.20. The van der Waals surface area contributed by atoms with Crippen LogP contribution in [0.25, 0.3) is 11.5 Å². The number of amides is 1. The zero-order chi connectivity index (χ0) is 15.2. The van der Waals surface area contributed by atoms with E-state index in [0.29, 0.717) is 23.9 Å². The third-order valence-electron chi connectivity index (χ3n) is 2.98. The number of aromatic nitrogens is 3. The molecule has 0 radical (unpaired) electrons. The summed E-state index contributed by atoms with van der Waals surface area (Å²) in [6.07, 6.45) is 4.52. The first-order valence-corrected chi connectivity index (χ1v) is 7.07. The predicted octanol–water partition coefficient (Wildman–Crippen LogP) is 1.11. The molecule has 7 nitrogen and oxygen atoms in total. The number of carbonyl (C=O) groups excluding carboxylic acids is 1. The molecule has 0 atom stereocenters. The SMILES string of the molecule is CCCNCCNC(=O)c1nc(-c2cnn(C)c2)oc1C. The molecular weight excluding hydrogens is 270 g/mol. The number of rotatable bonds is 7. The molecule has 114 valence electrons. The summed E-state index contributed by atoms with van der Waals surface area (Å²) in [5, 5.41) is 10.1. The molecule has 0 bridgehead atoms. The molecule has 7 heteroatoms. The van der Waals surface area contributed by atoms with E-state index in [9.17, 15) is 4.79 Å². The highest BCUT2D eigenvalue weighted by atomic mass is 16.4. The molecule has 0 unspecified atom stereocenters. The van der Waals surface area contributed by atoms with Gasteiger partial charge in [0.25, 0.3) is 5.91 Å². The van der Waals surface area contributed by atoms with Gasteiger partial charge in [0.1, 0.15) is 5.76 Å². The van der Waals surface area contributed by atoms with Crippen molar-refractivity contribution in [3.05, 3.63) is 23.8 Å². The number of hydrogen-bond acceptors (Lipinski definition) is 5. The van der Waals surface area contributed by atoms with E-state index in [1.807, 2.05) is 7.05 Å². The van der Waals surface area contributed by atoms with Gasteiger partial charge in [-0.05, 0) is 19.9 Å². The van der Waals surface area contributed by atoms with E-state index in [4.69, 9.17) is 4.42 Å². The standard InChI is InChI=1S/C14H21N5O2/c1-4-5-15-6-7-16-13(20)12-10(2)21-14(18-12)11-8-17-19(3)9-11/h8-9,15H,4-7H2,1-3H3,(H,16,20). The molecule has 0 aliphatic rings. The second kappa shape index (κ2) is 7.03. The van der Waals surface area contributed by atoms with Gasteiger partial charge in [0, 0.05) is 26.3 Å². The van der Waals surface area contributed by atoms with Crippen molar-refractivity contribution >= 4 is 5.91 Å². The molecule has 0 aliphatic carbocycles. The molecule has 2 aromatic heterocycles. The zero-order valence-electron chi connectivity index (χ0n) is 12.6. The first-order valence-electron chi connectivity index (χ1n) is 7.07. The van der Waals surface area contributed by atoms with Crippen LogP contribution in [0.5, 0.6) is 0 Å². The zero-order valence-corrected chi connectivity index (χ0v) is 12.6. The van der Waals surface area contributed by atoms with Crippen molar-refractivity contribution < 1.29 is 9.21 Å². The summed E-state index contributed by atoms with van der Waals surface area (Å²) in [6, 6.07) is 0. The molecular formula is C14H21N5O2. The Kier molecular flexibility index (Phi) is 5.10. The number of nitrogens with one attached hydrogen (secondary N) is 2. The van der Waals surface area contributed by atoms with Crippen LogP contribution in [0.2, 0.25) is 0 Å². The predicted molar refractivity (Wildman–Crippen MR) is 78.9 cm³/mol. The minimum atomic E-state index is -0.218. The Balaban J connectivity index is 1.97. The van der Waals surface area contributed by atoms with Crippen LogP contribution >= 0.6 is 0 Å². The highest BCUT2D eigenvalue weighted by Gasteiger charge is 2.18. The van der Waals surface area contributed by atoms with E-state index in [1.165, 1.54) is 0 Å². The van der Waals surface area contributed by atoms with Crippen molar-refractivity contribution in [2.24, 2.45) is 7.05 Å². The summed E-state index contributed by atoms with van der Waals surface area (Å²) in [7, 11) is 1.82. The van der Waals surface area contributed by atoms with Gasteiger partial charge < -0.3 is 15.1 Å². The Morgan fingerprint density at radius 3 is 2.86 bits per heavy atom. The fraction of sp³-hybridized carbons (Fsp3) is 0.500. The highest BCUT2D eigenvalue weighted by molar-refractivity contribution is 5.93. The topological polar surface area (TPSA) is 85.0 Å². The average Bonchev–Trinajstić information content (AvgIpc) is 3.04. The summed E-state index contributed by atoms with van der Waals surface area (Å²) < 4.78 is 7.20. The van der Waals surface area contributed by atoms with E-state index in [-0.39, 0.29) is 5.91 Å². The molecule has 0 aromatic carbocycles. The van der Waals surface area contributed by atoms with Crippen molar-refractivity contribution in [3.8, 4) is 11.5 Å². The van der Waals surface area contributed by atoms with Crippen molar-refractivity contribution in [3.63, 3.8) is 0 Å². The molecule has 2 aromatic rings. The fourth-order valence-electron chi connectivity index (χ4n) is 1.91. The summed E-state index contributed by atoms with van der Waals surface area (Å²) >= 11 is 0. The Labute approximate surface area is 123 Å². The van der Waals surface area contributed by atoms with Crippen molar-refractivity contribution in [1.29, 1.82) is 0 Å². The molecule has 21 heavy (non-hydrogen) atoms. The Bertz CT molecular complexity index is 602. The maximum Gasteiger partial charge on any atom is 0.273 e. The van der Waals surface area contributed by atoms with Crippen molar-refractivity contribution in [2.45, 2.75) is 20.3 Å². The molecule has 0 fully saturated rings. The average molecular weight is 291 g/mol. The van der Waals surface area contributed by atoms with Crippen LogP contribution in [0.4, 0.5) is 0 Å². The van der Waals surface area contributed by atoms with Gasteiger partial charge in [-0.3, -0.25) is 9.48 Å². The van der Waals surface area contributed by atoms with E-state index in [0.717, 1.165) is 25.1 Å². The lowest BCUT2D eigenvalue weighted by atomic mass is 10.3. The Morgan fingerprint density at radius 2 is 2.19 bits per heavy atom. The third-order valence-corrected chi connectivity index (χ3v) is 2.98. The van der Waals surface area contributed by atoms with Gasteiger partial charge in [-0.15, -0.1) is 0 Å². The lowest BCUT2D eigenvalue weighted by Crippen LogP contribution is -2.32. The maximum absolute atomic E-state index is 12.1. The second-order valence-electron chi connectivity index (χ2n) is 4.83. The molecule has 2 heterocycles. The van der Waals surface area contributed by atoms with Gasteiger partial charge in [-0.1, -0.05) is 6.92 Å². The number of carbonyl (C=O) groups is 1. The quantitative estimate of drug-likeness (QED) is 0.747. The summed E-state index contributed by atoms with van der Waals surface area (Å²) in [6.45, 7) is 6.09. The van der Waals surface area contributed by atoms with Gasteiger partial charge in [-0.25, -0.2) is 4.98 Å². The van der Waals surface area contributed by atoms with E-state index < -0.39 is 0 Å². The maximum atomic E-state index is 12.1. The van der Waals surface area contributed by atoms with E-state index in [1.54, 1.807) is 24.0 Å². The van der Waals surface area contributed by atoms with Crippen LogP contribution in [0.3, 0.4) is 0 Å². The molecule has 2 N–H and O–H groups in total. The number of aryl methyl sites for hydroxylation is 2. The van der Waals surface area contributed by atoms with Crippen LogP contribution in [-0.2, 0) is 7.05 Å². The minimum absolute atomic E-state index is 0.218. The lowest BCUT2D eigenvalue weighted by molar-refractivity contribution is 0.0948. The first-order chi connectivity index (χ1) is 10.1. The van der Waals surface area contributed by atoms with Crippen LogP contribution in [0.1, 0.15) is 29.6 Å². The molecule has 1 amide bonds. The molecule has 0 spiro atoms. The Hall–Kier alpha value is -2.15. The number of hydrogen-bond donors (Lipinski definition) is 2. The van der Waals surface area contributed by atoms with Crippen LogP contribution < -0.4 is 10.6 Å². The fourth-order valence-corrected chi connectivity index (χ4v) is 1.91. The normalized spacial score (nSPS) is 10.8. The minimum Gasteiger partial charge on any atom is -0.440 e. The van der Waals surface area contributed by atoms with Gasteiger partial charge in [-0.2, -0.15) is 5.10 Å². The van der Waals surface area contributed by atoms with E-state index >= 15 is 0 Å². The number of nitrogens with zero attached hydrogens (tertiary/aromatic N) is 3. The van der Waals surface area contributed by atoms with Crippen molar-refractivity contribution in [1.82, 2.24) is 25.4 Å². The molecule has 2 rings (SSSR count). The Morgan fingerprint density at radius 1 is 1.38 bits per heavy atom. The van der Waals surface area contributed by atoms with Gasteiger partial charge in [0.05, 0.1) is 11.8 Å². The monoisotopic (exact) mass is 291 g/mol. The number of oxazole rings is 1. The van der Waals surface area contributed by atoms with Gasteiger partial charge in [0.2, 0.25) is 5.89 Å². The largest absolute Gasteiger partial charge is 0.440 e. The molecule has 0 saturated heterocycles. The molecule has 0 saturated carbocycles. The van der Waals surface area contributed by atoms with Gasteiger partial charge >= 0.3 is 0 Å². The summed E-state index contributed by atoms with van der Waals surface area (Å²) in [5.41, 5.74) is 1.08. The van der Waals surface area contributed by atoms with Crippen molar-refractivity contribution in [2.75, 3.05) is 19.6 Å². The first kappa shape index (κ1) is 15.2. The van der Waals surface area contributed by atoms with E-state index in [2.05, 4.69) is 27.6 Å². The second-order valence-corrected chi connectivity index (χ2v) is 4.83. The van der Waals surface area contributed by atoms with Crippen LogP contribution in [-0.4, -0.2) is 40.3 Å². The van der Waals surface area contributed by atoms with Crippen LogP contribution in [0, 0.1) is 6.92 Å². The van der Waals surface area contributed by atoms with Crippen LogP contribution in [0.15, 0.2) is 16.8 Å².